The van der Waals surface area contributed by atoms with Crippen LogP contribution in [0.1, 0.15) is 55.3 Å². The van der Waals surface area contributed by atoms with Crippen molar-refractivity contribution in [1.82, 2.24) is 14.9 Å². The smallest absolute Gasteiger partial charge is 0.303 e. The number of likely N-dealkylation sites (tertiary alicyclic amines) is 1. The zero-order valence-corrected chi connectivity index (χ0v) is 21.5. The molecule has 1 aliphatic rings. The topological polar surface area (TPSA) is 75.6 Å². The number of benzene rings is 1. The summed E-state index contributed by atoms with van der Waals surface area (Å²) in [6.07, 6.45) is 6.27. The monoisotopic (exact) mass is 519 g/mol. The van der Waals surface area contributed by atoms with Crippen molar-refractivity contribution in [2.75, 3.05) is 26.7 Å². The maximum Gasteiger partial charge on any atom is 0.303 e. The first-order valence-electron chi connectivity index (χ1n) is 12.0. The third kappa shape index (κ3) is 6.48. The summed E-state index contributed by atoms with van der Waals surface area (Å²) in [4.78, 5) is 22.7. The van der Waals surface area contributed by atoms with E-state index >= 15 is 4.39 Å². The number of hydrogen-bond acceptors (Lipinski definition) is 6. The van der Waals surface area contributed by atoms with Gasteiger partial charge < -0.3 is 14.7 Å². The second-order valence-electron chi connectivity index (χ2n) is 9.35. The van der Waals surface area contributed by atoms with Crippen molar-refractivity contribution in [2.24, 2.45) is 5.41 Å². The van der Waals surface area contributed by atoms with Gasteiger partial charge in [0.05, 0.1) is 29.1 Å². The lowest BCUT2D eigenvalue weighted by atomic mass is 9.71. The predicted octanol–water partition coefficient (Wildman–Crippen LogP) is 6.33. The molecule has 3 heterocycles. The van der Waals surface area contributed by atoms with E-state index in [2.05, 4.69) is 14.9 Å². The lowest BCUT2D eigenvalue weighted by molar-refractivity contribution is -0.141. The highest BCUT2D eigenvalue weighted by molar-refractivity contribution is 7.09. The Labute approximate surface area is 214 Å². The fourth-order valence-electron chi connectivity index (χ4n) is 5.11. The highest BCUT2D eigenvalue weighted by Crippen LogP contribution is 2.44. The lowest BCUT2D eigenvalue weighted by Gasteiger charge is -2.41. The van der Waals surface area contributed by atoms with E-state index in [0.29, 0.717) is 28.6 Å². The van der Waals surface area contributed by atoms with Crippen LogP contribution in [0.25, 0.3) is 10.9 Å². The number of fused-ring (bicyclic) bond motifs is 1. The maximum atomic E-state index is 15.7. The van der Waals surface area contributed by atoms with Crippen LogP contribution in [-0.2, 0) is 11.2 Å². The van der Waals surface area contributed by atoms with Gasteiger partial charge in [-0.2, -0.15) is 0 Å². The molecule has 2 aromatic heterocycles. The largest absolute Gasteiger partial charge is 0.497 e. The third-order valence-electron chi connectivity index (χ3n) is 7.10. The molecule has 0 amide bonds. The fraction of sp³-hybridized carbons (Fsp3) is 0.500. The Bertz CT molecular complexity index is 1140. The summed E-state index contributed by atoms with van der Waals surface area (Å²) in [7, 11) is 1.56. The zero-order valence-electron chi connectivity index (χ0n) is 19.9. The number of ether oxygens (including phenoxy) is 1. The van der Waals surface area contributed by atoms with E-state index in [1.54, 1.807) is 36.6 Å². The molecule has 35 heavy (non-hydrogen) atoms. The van der Waals surface area contributed by atoms with Crippen LogP contribution in [0.3, 0.4) is 0 Å². The minimum absolute atomic E-state index is 0.0608. The Morgan fingerprint density at radius 2 is 2.14 bits per heavy atom. The van der Waals surface area contributed by atoms with Gasteiger partial charge in [0.1, 0.15) is 11.9 Å². The number of carboxylic acids is 1. The second-order valence-corrected chi connectivity index (χ2v) is 10.7. The molecule has 188 valence electrons. The average Bonchev–Trinajstić information content (AvgIpc) is 3.36. The molecule has 0 aliphatic carbocycles. The minimum Gasteiger partial charge on any atom is -0.497 e. The fourth-order valence-corrected chi connectivity index (χ4v) is 6.04. The Morgan fingerprint density at radius 1 is 1.34 bits per heavy atom. The van der Waals surface area contributed by atoms with Crippen molar-refractivity contribution in [3.8, 4) is 5.75 Å². The Balaban J connectivity index is 1.40. The van der Waals surface area contributed by atoms with E-state index in [0.717, 1.165) is 50.3 Å². The Hall–Kier alpha value is -2.29. The second kappa shape index (κ2) is 11.6. The van der Waals surface area contributed by atoms with Gasteiger partial charge in [0.15, 0.2) is 0 Å². The van der Waals surface area contributed by atoms with Gasteiger partial charge in [-0.3, -0.25) is 9.78 Å². The predicted molar refractivity (Wildman–Crippen MR) is 137 cm³/mol. The summed E-state index contributed by atoms with van der Waals surface area (Å²) in [5.74, 6) is -0.214. The molecule has 6 nitrogen and oxygen atoms in total. The van der Waals surface area contributed by atoms with Crippen molar-refractivity contribution in [3.63, 3.8) is 0 Å². The van der Waals surface area contributed by atoms with Crippen molar-refractivity contribution >= 4 is 39.8 Å². The first-order chi connectivity index (χ1) is 16.9. The summed E-state index contributed by atoms with van der Waals surface area (Å²) in [6, 6.07) is 5.33. The average molecular weight is 520 g/mol. The standard InChI is InChI=1S/C26H31ClFN3O3S/c1-34-18-4-5-22-19(15-18)25(20(27)17-30-22)21(28)6-7-26(16-24(32)33)8-12-31(13-9-26)11-2-3-23-29-10-14-35-23/h4-5,10,14-15,17,21H,2-3,6-9,11-13,16H2,1H3,(H,32,33). The first kappa shape index (κ1) is 25.8. The highest BCUT2D eigenvalue weighted by atomic mass is 35.5. The minimum atomic E-state index is -1.32. The molecule has 0 spiro atoms. The molecule has 4 rings (SSSR count). The number of aromatic nitrogens is 2. The van der Waals surface area contributed by atoms with Gasteiger partial charge in [-0.1, -0.05) is 11.6 Å². The number of alkyl halides is 1. The van der Waals surface area contributed by atoms with Crippen molar-refractivity contribution in [1.29, 1.82) is 0 Å². The molecule has 1 unspecified atom stereocenters. The molecule has 1 N–H and O–H groups in total. The molecule has 1 fully saturated rings. The molecule has 0 radical (unpaired) electrons. The molecule has 1 saturated heterocycles. The van der Waals surface area contributed by atoms with E-state index in [1.165, 1.54) is 6.20 Å². The quantitative estimate of drug-likeness (QED) is 0.319. The van der Waals surface area contributed by atoms with Gasteiger partial charge in [-0.05, 0) is 75.4 Å². The summed E-state index contributed by atoms with van der Waals surface area (Å²) >= 11 is 8.07. The Kier molecular flexibility index (Phi) is 8.57. The number of methoxy groups -OCH3 is 1. The van der Waals surface area contributed by atoms with Gasteiger partial charge >= 0.3 is 5.97 Å². The number of rotatable bonds is 11. The number of thiazole rings is 1. The molecule has 0 bridgehead atoms. The van der Waals surface area contributed by atoms with E-state index in [9.17, 15) is 9.90 Å². The van der Waals surface area contributed by atoms with Crippen LogP contribution in [0.5, 0.6) is 5.75 Å². The van der Waals surface area contributed by atoms with Crippen LogP contribution in [0.4, 0.5) is 4.39 Å². The van der Waals surface area contributed by atoms with E-state index < -0.39 is 17.6 Å². The van der Waals surface area contributed by atoms with Crippen LogP contribution >= 0.6 is 22.9 Å². The summed E-state index contributed by atoms with van der Waals surface area (Å²) in [5, 5.41) is 13.7. The number of aryl methyl sites for hydroxylation is 1. The van der Waals surface area contributed by atoms with Gasteiger partial charge in [-0.25, -0.2) is 9.37 Å². The number of halogens is 2. The van der Waals surface area contributed by atoms with Gasteiger partial charge in [0, 0.05) is 35.1 Å². The maximum absolute atomic E-state index is 15.7. The SMILES string of the molecule is COc1ccc2ncc(Cl)c(C(F)CCC3(CC(=O)O)CCN(CCCc4nccs4)CC3)c2c1. The van der Waals surface area contributed by atoms with Gasteiger partial charge in [0.2, 0.25) is 0 Å². The molecule has 0 saturated carbocycles. The third-order valence-corrected chi connectivity index (χ3v) is 8.24. The molecule has 9 heteroatoms. The van der Waals surface area contributed by atoms with Crippen LogP contribution in [-0.4, -0.2) is 52.7 Å². The Morgan fingerprint density at radius 3 is 2.83 bits per heavy atom. The van der Waals surface area contributed by atoms with E-state index in [1.807, 2.05) is 11.6 Å². The van der Waals surface area contributed by atoms with Gasteiger partial charge in [-0.15, -0.1) is 11.3 Å². The normalized spacial score (nSPS) is 16.9. The zero-order chi connectivity index (χ0) is 24.8. The number of hydrogen-bond donors (Lipinski definition) is 1. The van der Waals surface area contributed by atoms with Crippen LogP contribution in [0.2, 0.25) is 5.02 Å². The molecular weight excluding hydrogens is 489 g/mol. The summed E-state index contributed by atoms with van der Waals surface area (Å²) in [5.41, 5.74) is 0.648. The van der Waals surface area contributed by atoms with E-state index in [4.69, 9.17) is 16.3 Å². The first-order valence-corrected chi connectivity index (χ1v) is 13.2. The van der Waals surface area contributed by atoms with Crippen molar-refractivity contribution in [2.45, 2.75) is 51.1 Å². The number of carboxylic acid groups (broad SMARTS) is 1. The summed E-state index contributed by atoms with van der Waals surface area (Å²) < 4.78 is 21.0. The molecule has 1 atom stereocenters. The highest BCUT2D eigenvalue weighted by Gasteiger charge is 2.37. The molecule has 1 aromatic carbocycles. The lowest BCUT2D eigenvalue weighted by Crippen LogP contribution is -2.41. The molecular formula is C26H31ClFN3O3S. The van der Waals surface area contributed by atoms with Crippen LogP contribution in [0.15, 0.2) is 36.0 Å². The van der Waals surface area contributed by atoms with Gasteiger partial charge in [0.25, 0.3) is 0 Å². The van der Waals surface area contributed by atoms with Crippen LogP contribution in [0, 0.1) is 5.41 Å². The van der Waals surface area contributed by atoms with Crippen LogP contribution < -0.4 is 4.74 Å². The molecule has 3 aromatic rings. The van der Waals surface area contributed by atoms with E-state index in [-0.39, 0.29) is 17.9 Å². The number of nitrogens with zero attached hydrogens (tertiary/aromatic N) is 3. The number of piperidine rings is 1. The van der Waals surface area contributed by atoms with Crippen molar-refractivity contribution in [3.05, 3.63) is 51.6 Å². The summed E-state index contributed by atoms with van der Waals surface area (Å²) in [6.45, 7) is 2.63. The van der Waals surface area contributed by atoms with Crippen molar-refractivity contribution < 1.29 is 19.0 Å². The number of aliphatic carboxylic acids is 1. The number of carbonyl (C=O) groups is 1. The number of pyridine rings is 1. The molecule has 1 aliphatic heterocycles.